The zero-order chi connectivity index (χ0) is 17.9. The molecule has 0 atom stereocenters. The third-order valence-electron chi connectivity index (χ3n) is 2.86. The zero-order valence-corrected chi connectivity index (χ0v) is 13.1. The molecule has 9 nitrogen and oxygen atoms in total. The summed E-state index contributed by atoms with van der Waals surface area (Å²) in [6.45, 7) is 2.06. The van der Waals surface area contributed by atoms with Crippen molar-refractivity contribution >= 4 is 29.4 Å². The van der Waals surface area contributed by atoms with Crippen LogP contribution >= 0.6 is 11.6 Å². The number of hydrogen-bond acceptors (Lipinski definition) is 7. The molecule has 0 spiro atoms. The van der Waals surface area contributed by atoms with Gasteiger partial charge in [-0.15, -0.1) is 0 Å². The first-order valence-electron chi connectivity index (χ1n) is 6.64. The molecule has 0 aliphatic heterocycles. The summed E-state index contributed by atoms with van der Waals surface area (Å²) in [5.74, 6) is -1.10. The average molecular weight is 354 g/mol. The van der Waals surface area contributed by atoms with Gasteiger partial charge in [-0.05, 0) is 30.7 Å². The van der Waals surface area contributed by atoms with E-state index in [1.165, 1.54) is 24.3 Å². The molecular weight excluding hydrogens is 342 g/mol. The normalized spacial score (nSPS) is 10.9. The Morgan fingerprint density at radius 1 is 1.42 bits per heavy atom. The zero-order valence-electron chi connectivity index (χ0n) is 12.3. The van der Waals surface area contributed by atoms with E-state index in [1.54, 1.807) is 6.92 Å². The minimum absolute atomic E-state index is 0.0635. The maximum absolute atomic E-state index is 11.5. The van der Waals surface area contributed by atoms with Gasteiger partial charge in [-0.1, -0.05) is 17.7 Å². The number of nitrogens with one attached hydrogen (secondary N) is 1. The number of phenols is 1. The Balaban J connectivity index is 2.38. The van der Waals surface area contributed by atoms with Gasteiger partial charge in [0.05, 0.1) is 16.6 Å². The molecule has 1 aromatic carbocycles. The Bertz CT molecular complexity index is 878. The van der Waals surface area contributed by atoms with Gasteiger partial charge >= 0.3 is 11.2 Å². The molecule has 1 aromatic heterocycles. The van der Waals surface area contributed by atoms with Crippen molar-refractivity contribution in [3.05, 3.63) is 49.0 Å². The number of phenolic OH excluding ortho intramolecular Hbond substituents is 1. The Morgan fingerprint density at radius 3 is 2.71 bits per heavy atom. The first-order valence-corrected chi connectivity index (χ1v) is 7.02. The average Bonchev–Trinajstić information content (AvgIpc) is 2.49. The van der Waals surface area contributed by atoms with Crippen molar-refractivity contribution in [3.8, 4) is 17.4 Å². The van der Waals surface area contributed by atoms with Crippen LogP contribution in [0.25, 0.3) is 12.2 Å². The molecule has 0 radical (unpaired) electrons. The second-order valence-electron chi connectivity index (χ2n) is 4.50. The Kier molecular flexibility index (Phi) is 5.05. The lowest BCUT2D eigenvalue weighted by atomic mass is 10.2. The highest BCUT2D eigenvalue weighted by molar-refractivity contribution is 6.32. The minimum atomic E-state index is -1.08. The molecule has 2 rings (SSSR count). The third-order valence-corrected chi connectivity index (χ3v) is 3.15. The molecule has 1 heterocycles. The van der Waals surface area contributed by atoms with Gasteiger partial charge < -0.3 is 19.9 Å². The molecule has 0 saturated carbocycles. The maximum Gasteiger partial charge on any atom is 0.395 e. The number of rotatable bonds is 5. The van der Waals surface area contributed by atoms with Crippen LogP contribution in [-0.4, -0.2) is 31.7 Å². The van der Waals surface area contributed by atoms with Crippen molar-refractivity contribution in [1.82, 2.24) is 9.97 Å². The van der Waals surface area contributed by atoms with Crippen molar-refractivity contribution in [2.24, 2.45) is 0 Å². The lowest BCUT2D eigenvalue weighted by Crippen LogP contribution is -2.14. The van der Waals surface area contributed by atoms with Gasteiger partial charge in [-0.25, -0.2) is 0 Å². The van der Waals surface area contributed by atoms with Crippen molar-refractivity contribution < 1.29 is 19.9 Å². The van der Waals surface area contributed by atoms with E-state index in [0.717, 1.165) is 0 Å². The Hall–Kier alpha value is -3.07. The van der Waals surface area contributed by atoms with E-state index in [-0.39, 0.29) is 22.3 Å². The molecular formula is C14H12ClN3O6. The quantitative estimate of drug-likeness (QED) is 0.553. The smallest absolute Gasteiger partial charge is 0.395 e. The number of aromatic hydroxyl groups is 2. The number of aromatic nitrogens is 2. The van der Waals surface area contributed by atoms with Crippen molar-refractivity contribution in [2.75, 3.05) is 6.61 Å². The maximum atomic E-state index is 11.5. The molecule has 10 heteroatoms. The number of nitro groups is 1. The second-order valence-corrected chi connectivity index (χ2v) is 4.90. The van der Waals surface area contributed by atoms with E-state index in [4.69, 9.17) is 16.3 Å². The van der Waals surface area contributed by atoms with Gasteiger partial charge in [-0.3, -0.25) is 14.9 Å². The highest BCUT2D eigenvalue weighted by Gasteiger charge is 2.21. The molecule has 0 unspecified atom stereocenters. The van der Waals surface area contributed by atoms with Crippen LogP contribution in [-0.2, 0) is 0 Å². The van der Waals surface area contributed by atoms with Crippen LogP contribution in [0.3, 0.4) is 0 Å². The fraction of sp³-hybridized carbons (Fsp3) is 0.143. The number of aromatic amines is 1. The first-order chi connectivity index (χ1) is 11.3. The van der Waals surface area contributed by atoms with Crippen LogP contribution in [0.15, 0.2) is 16.9 Å². The fourth-order valence-corrected chi connectivity index (χ4v) is 2.07. The van der Waals surface area contributed by atoms with Crippen LogP contribution in [0.1, 0.15) is 18.3 Å². The molecule has 2 aromatic rings. The van der Waals surface area contributed by atoms with E-state index in [1.807, 2.05) is 0 Å². The molecule has 0 bridgehead atoms. The Morgan fingerprint density at radius 2 is 2.12 bits per heavy atom. The molecule has 0 amide bonds. The van der Waals surface area contributed by atoms with E-state index in [9.17, 15) is 25.1 Å². The number of benzene rings is 1. The molecule has 0 aliphatic carbocycles. The van der Waals surface area contributed by atoms with Crippen LogP contribution in [0, 0.1) is 10.1 Å². The van der Waals surface area contributed by atoms with Crippen molar-refractivity contribution in [3.63, 3.8) is 0 Å². The van der Waals surface area contributed by atoms with Crippen LogP contribution in [0.2, 0.25) is 5.02 Å². The number of ether oxygens (including phenoxy) is 1. The summed E-state index contributed by atoms with van der Waals surface area (Å²) < 4.78 is 5.23. The standard InChI is InChI=1S/C14H12ClN3O6/c1-2-24-9-6-7(5-8(15)12(9)19)3-4-10-16-13(20)11(18(22)23)14(21)17-10/h3-6,19H,2H2,1H3,(H2,16,17,20,21). The number of nitrogens with zero attached hydrogens (tertiary/aromatic N) is 2. The van der Waals surface area contributed by atoms with Gasteiger partial charge in [0, 0.05) is 0 Å². The van der Waals surface area contributed by atoms with Crippen LogP contribution < -0.4 is 10.3 Å². The lowest BCUT2D eigenvalue weighted by molar-refractivity contribution is -0.387. The van der Waals surface area contributed by atoms with E-state index in [2.05, 4.69) is 9.97 Å². The summed E-state index contributed by atoms with van der Waals surface area (Å²) in [5, 5.41) is 29.9. The topological polar surface area (TPSA) is 139 Å². The Labute approximate surface area is 140 Å². The van der Waals surface area contributed by atoms with Crippen molar-refractivity contribution in [1.29, 1.82) is 0 Å². The second kappa shape index (κ2) is 7.01. The van der Waals surface area contributed by atoms with Gasteiger partial charge in [-0.2, -0.15) is 4.98 Å². The van der Waals surface area contributed by atoms with Gasteiger partial charge in [0.2, 0.25) is 0 Å². The first kappa shape index (κ1) is 17.3. The highest BCUT2D eigenvalue weighted by Crippen LogP contribution is 2.35. The van der Waals surface area contributed by atoms with E-state index >= 15 is 0 Å². The predicted molar refractivity (Wildman–Crippen MR) is 86.4 cm³/mol. The summed E-state index contributed by atoms with van der Waals surface area (Å²) in [5.41, 5.74) is -1.59. The fourth-order valence-electron chi connectivity index (χ4n) is 1.85. The van der Waals surface area contributed by atoms with Crippen LogP contribution in [0.4, 0.5) is 5.69 Å². The van der Waals surface area contributed by atoms with E-state index < -0.39 is 22.0 Å². The number of hydrogen-bond donors (Lipinski definition) is 3. The summed E-state index contributed by atoms with van der Waals surface area (Å²) in [4.78, 5) is 26.8. The lowest BCUT2D eigenvalue weighted by Gasteiger charge is -2.08. The van der Waals surface area contributed by atoms with Gasteiger partial charge in [0.1, 0.15) is 5.82 Å². The molecule has 0 aliphatic rings. The van der Waals surface area contributed by atoms with Crippen LogP contribution in [0.5, 0.6) is 17.4 Å². The van der Waals surface area contributed by atoms with Gasteiger partial charge in [0.15, 0.2) is 11.5 Å². The summed E-state index contributed by atoms with van der Waals surface area (Å²) in [6.07, 6.45) is 2.78. The molecule has 0 fully saturated rings. The van der Waals surface area contributed by atoms with E-state index in [0.29, 0.717) is 12.2 Å². The SMILES string of the molecule is CCOc1cc(C=Cc2nc(O)c([N+](=O)[O-])c(=O)[nH]2)cc(Cl)c1O. The van der Waals surface area contributed by atoms with Gasteiger partial charge in [0.25, 0.3) is 5.88 Å². The minimum Gasteiger partial charge on any atom is -0.503 e. The molecule has 24 heavy (non-hydrogen) atoms. The molecule has 0 saturated heterocycles. The summed E-state index contributed by atoms with van der Waals surface area (Å²) >= 11 is 5.89. The highest BCUT2D eigenvalue weighted by atomic mass is 35.5. The molecule has 126 valence electrons. The molecule has 3 N–H and O–H groups in total. The largest absolute Gasteiger partial charge is 0.503 e. The number of halogens is 1. The third kappa shape index (κ3) is 3.63. The summed E-state index contributed by atoms with van der Waals surface area (Å²) in [6, 6.07) is 2.95. The van der Waals surface area contributed by atoms with Crippen molar-refractivity contribution in [2.45, 2.75) is 6.92 Å². The predicted octanol–water partition coefficient (Wildman–Crippen LogP) is 2.31. The summed E-state index contributed by atoms with van der Waals surface area (Å²) in [7, 11) is 0. The monoisotopic (exact) mass is 353 g/mol. The number of H-pyrrole nitrogens is 1.